The summed E-state index contributed by atoms with van der Waals surface area (Å²) in [5.74, 6) is 0.726. The Balaban J connectivity index is 1.32. The van der Waals surface area contributed by atoms with Crippen LogP contribution in [0.1, 0.15) is 31.2 Å². The maximum Gasteiger partial charge on any atom is 0.573 e. The number of carbonyl (C=O) groups excluding carboxylic acids is 1. The second kappa shape index (κ2) is 10.4. The summed E-state index contributed by atoms with van der Waals surface area (Å²) in [5.41, 5.74) is 1.13. The molecule has 7 nitrogen and oxygen atoms in total. The molecule has 0 saturated heterocycles. The first-order valence-electron chi connectivity index (χ1n) is 11.5. The molecule has 1 fully saturated rings. The number of hydrogen-bond acceptors (Lipinski definition) is 6. The Morgan fingerprint density at radius 1 is 1.03 bits per heavy atom. The number of nitrogens with one attached hydrogen (secondary N) is 2. The number of benzene rings is 2. The minimum Gasteiger partial charge on any atom is -0.405 e. The highest BCUT2D eigenvalue weighted by Crippen LogP contribution is 2.29. The normalized spacial score (nSPS) is 18.2. The first kappa shape index (κ1) is 24.6. The maximum absolute atomic E-state index is 12.7. The monoisotopic (exact) mass is 487 g/mol. The van der Waals surface area contributed by atoms with Crippen LogP contribution >= 0.6 is 0 Å². The van der Waals surface area contributed by atoms with Crippen molar-refractivity contribution in [2.24, 2.45) is 5.92 Å². The summed E-state index contributed by atoms with van der Waals surface area (Å²) >= 11 is 0. The molecule has 0 spiro atoms. The Labute approximate surface area is 201 Å². The van der Waals surface area contributed by atoms with Gasteiger partial charge < -0.3 is 20.3 Å². The summed E-state index contributed by atoms with van der Waals surface area (Å²) in [6.45, 7) is -0.0263. The van der Waals surface area contributed by atoms with E-state index in [2.05, 4.69) is 25.3 Å². The third kappa shape index (κ3) is 6.32. The third-order valence-electron chi connectivity index (χ3n) is 6.09. The average Bonchev–Trinajstić information content (AvgIpc) is 2.82. The zero-order chi connectivity index (χ0) is 25.0. The van der Waals surface area contributed by atoms with Crippen LogP contribution in [0.2, 0.25) is 0 Å². The van der Waals surface area contributed by atoms with Crippen LogP contribution < -0.4 is 20.3 Å². The molecule has 10 heteroatoms. The van der Waals surface area contributed by atoms with Crippen LogP contribution in [0.3, 0.4) is 0 Å². The number of anilines is 2. The van der Waals surface area contributed by atoms with E-state index in [-0.39, 0.29) is 35.7 Å². The lowest BCUT2D eigenvalue weighted by Crippen LogP contribution is -2.36. The van der Waals surface area contributed by atoms with Gasteiger partial charge in [-0.25, -0.2) is 4.98 Å². The number of para-hydroxylation sites is 2. The molecule has 1 heterocycles. The Morgan fingerprint density at radius 3 is 2.43 bits per heavy atom. The lowest BCUT2D eigenvalue weighted by Gasteiger charge is -2.29. The highest BCUT2D eigenvalue weighted by molar-refractivity contribution is 5.90. The average molecular weight is 488 g/mol. The van der Waals surface area contributed by atoms with Gasteiger partial charge >= 0.3 is 6.36 Å². The first-order valence-corrected chi connectivity index (χ1v) is 11.5. The van der Waals surface area contributed by atoms with E-state index in [1.165, 1.54) is 18.2 Å². The number of halogens is 3. The van der Waals surface area contributed by atoms with Crippen LogP contribution in [0.15, 0.2) is 48.5 Å². The number of rotatable bonds is 7. The molecule has 2 aromatic carbocycles. The summed E-state index contributed by atoms with van der Waals surface area (Å²) in [5, 5.41) is 7.15. The largest absolute Gasteiger partial charge is 0.573 e. The fraction of sp³-hybridized carbons (Fsp3) is 0.400. The molecular weight excluding hydrogens is 459 g/mol. The summed E-state index contributed by atoms with van der Waals surface area (Å²) in [4.78, 5) is 23.9. The predicted molar refractivity (Wildman–Crippen MR) is 128 cm³/mol. The number of nitrogens with zero attached hydrogens (tertiary/aromatic N) is 3. The van der Waals surface area contributed by atoms with Crippen molar-refractivity contribution in [3.05, 3.63) is 54.1 Å². The molecule has 1 aromatic heterocycles. The first-order chi connectivity index (χ1) is 16.7. The maximum atomic E-state index is 12.7. The SMILES string of the molecule is CN(C)c1nc(N[C@H]2CC[C@@H](C(=O)NCc3ccccc3OC(F)(F)F)CC2)nc2ccccc12. The minimum atomic E-state index is -4.78. The van der Waals surface area contributed by atoms with Gasteiger partial charge in [0.2, 0.25) is 11.9 Å². The van der Waals surface area contributed by atoms with E-state index in [9.17, 15) is 18.0 Å². The van der Waals surface area contributed by atoms with Gasteiger partial charge in [-0.15, -0.1) is 13.2 Å². The summed E-state index contributed by atoms with van der Waals surface area (Å²) in [6.07, 6.45) is -1.93. The number of amides is 1. The summed E-state index contributed by atoms with van der Waals surface area (Å²) in [6, 6.07) is 13.8. The predicted octanol–water partition coefficient (Wildman–Crippen LogP) is 4.88. The quantitative estimate of drug-likeness (QED) is 0.495. The van der Waals surface area contributed by atoms with Gasteiger partial charge in [0, 0.05) is 43.5 Å². The summed E-state index contributed by atoms with van der Waals surface area (Å²) < 4.78 is 41.9. The molecule has 0 atom stereocenters. The number of fused-ring (bicyclic) bond motifs is 1. The lowest BCUT2D eigenvalue weighted by atomic mass is 9.85. The zero-order valence-electron chi connectivity index (χ0n) is 19.6. The molecule has 1 aliphatic carbocycles. The molecule has 1 amide bonds. The highest BCUT2D eigenvalue weighted by atomic mass is 19.4. The fourth-order valence-electron chi connectivity index (χ4n) is 4.35. The number of alkyl halides is 3. The van der Waals surface area contributed by atoms with Crippen LogP contribution in [0.25, 0.3) is 10.9 Å². The van der Waals surface area contributed by atoms with Crippen LogP contribution in [0.5, 0.6) is 5.75 Å². The van der Waals surface area contributed by atoms with Crippen LogP contribution in [0.4, 0.5) is 24.9 Å². The highest BCUT2D eigenvalue weighted by Gasteiger charge is 2.32. The van der Waals surface area contributed by atoms with Gasteiger partial charge in [0.05, 0.1) is 5.52 Å². The van der Waals surface area contributed by atoms with E-state index < -0.39 is 6.36 Å². The van der Waals surface area contributed by atoms with E-state index in [0.29, 0.717) is 18.8 Å². The van der Waals surface area contributed by atoms with Crippen molar-refractivity contribution in [2.75, 3.05) is 24.3 Å². The Kier molecular flexibility index (Phi) is 7.28. The molecule has 0 unspecified atom stereocenters. The molecule has 186 valence electrons. The van der Waals surface area contributed by atoms with Crippen molar-refractivity contribution >= 4 is 28.6 Å². The fourth-order valence-corrected chi connectivity index (χ4v) is 4.35. The Morgan fingerprint density at radius 2 is 1.71 bits per heavy atom. The molecule has 1 aliphatic rings. The second-order valence-corrected chi connectivity index (χ2v) is 8.85. The van der Waals surface area contributed by atoms with Crippen molar-refractivity contribution < 1.29 is 22.7 Å². The zero-order valence-corrected chi connectivity index (χ0v) is 19.6. The second-order valence-electron chi connectivity index (χ2n) is 8.85. The van der Waals surface area contributed by atoms with E-state index in [1.807, 2.05) is 43.3 Å². The van der Waals surface area contributed by atoms with E-state index in [0.717, 1.165) is 29.6 Å². The minimum absolute atomic E-state index is 0.0263. The molecule has 0 aliphatic heterocycles. The van der Waals surface area contributed by atoms with Crippen molar-refractivity contribution in [3.63, 3.8) is 0 Å². The molecule has 1 saturated carbocycles. The van der Waals surface area contributed by atoms with E-state index in [4.69, 9.17) is 0 Å². The topological polar surface area (TPSA) is 79.4 Å². The van der Waals surface area contributed by atoms with Gasteiger partial charge in [-0.1, -0.05) is 30.3 Å². The van der Waals surface area contributed by atoms with E-state index in [1.54, 1.807) is 6.07 Å². The van der Waals surface area contributed by atoms with Gasteiger partial charge in [0.1, 0.15) is 11.6 Å². The number of aromatic nitrogens is 2. The molecule has 2 N–H and O–H groups in total. The van der Waals surface area contributed by atoms with Crippen LogP contribution in [-0.4, -0.2) is 42.4 Å². The van der Waals surface area contributed by atoms with Gasteiger partial charge in [-0.3, -0.25) is 4.79 Å². The van der Waals surface area contributed by atoms with Gasteiger partial charge in [-0.05, 0) is 43.9 Å². The molecule has 35 heavy (non-hydrogen) atoms. The molecule has 4 rings (SSSR count). The molecule has 0 bridgehead atoms. The van der Waals surface area contributed by atoms with Gasteiger partial charge in [-0.2, -0.15) is 4.98 Å². The van der Waals surface area contributed by atoms with Crippen molar-refractivity contribution in [1.82, 2.24) is 15.3 Å². The van der Waals surface area contributed by atoms with Crippen molar-refractivity contribution in [3.8, 4) is 5.75 Å². The Bertz CT molecular complexity index is 1180. The number of hydrogen-bond donors (Lipinski definition) is 2. The van der Waals surface area contributed by atoms with Gasteiger partial charge in [0.15, 0.2) is 0 Å². The molecule has 3 aromatic rings. The Hall–Kier alpha value is -3.56. The number of carbonyl (C=O) groups is 1. The van der Waals surface area contributed by atoms with Crippen LogP contribution in [-0.2, 0) is 11.3 Å². The molecular formula is C25H28F3N5O2. The molecule has 0 radical (unpaired) electrons. The van der Waals surface area contributed by atoms with Crippen molar-refractivity contribution in [1.29, 1.82) is 0 Å². The smallest absolute Gasteiger partial charge is 0.405 e. The van der Waals surface area contributed by atoms with Crippen LogP contribution in [0, 0.1) is 5.92 Å². The number of ether oxygens (including phenoxy) is 1. The van der Waals surface area contributed by atoms with E-state index >= 15 is 0 Å². The standard InChI is InChI=1S/C25H28F3N5O2/c1-33(2)22-19-8-4-5-9-20(19)31-24(32-22)30-18-13-11-16(12-14-18)23(34)29-15-17-7-3-6-10-21(17)35-25(26,27)28/h3-10,16,18H,11-15H2,1-2H3,(H,29,34)(H,30,31,32)/t16-,18+. The van der Waals surface area contributed by atoms with Crippen molar-refractivity contribution in [2.45, 2.75) is 44.6 Å². The summed E-state index contributed by atoms with van der Waals surface area (Å²) in [7, 11) is 3.88. The lowest BCUT2D eigenvalue weighted by molar-refractivity contribution is -0.274. The van der Waals surface area contributed by atoms with Gasteiger partial charge in [0.25, 0.3) is 0 Å². The third-order valence-corrected chi connectivity index (χ3v) is 6.09.